The summed E-state index contributed by atoms with van der Waals surface area (Å²) in [5, 5.41) is 11.6. The van der Waals surface area contributed by atoms with E-state index < -0.39 is 12.0 Å². The van der Waals surface area contributed by atoms with Crippen LogP contribution in [0.25, 0.3) is 0 Å². The van der Waals surface area contributed by atoms with Crippen molar-refractivity contribution < 1.29 is 19.4 Å². The van der Waals surface area contributed by atoms with Gasteiger partial charge in [-0.1, -0.05) is 13.0 Å². The van der Waals surface area contributed by atoms with Gasteiger partial charge in [-0.3, -0.25) is 4.79 Å². The fourth-order valence-electron chi connectivity index (χ4n) is 1.41. The Morgan fingerprint density at radius 3 is 2.61 bits per heavy atom. The van der Waals surface area contributed by atoms with Crippen molar-refractivity contribution in [3.05, 3.63) is 28.2 Å². The van der Waals surface area contributed by atoms with E-state index in [0.717, 1.165) is 0 Å². The molecule has 0 spiro atoms. The van der Waals surface area contributed by atoms with Crippen LogP contribution in [0.3, 0.4) is 0 Å². The Kier molecular flexibility index (Phi) is 5.15. The molecule has 1 aromatic rings. The summed E-state index contributed by atoms with van der Waals surface area (Å²) in [6.45, 7) is 1.66. The third-order valence-corrected chi connectivity index (χ3v) is 3.00. The minimum absolute atomic E-state index is 0.237. The predicted molar refractivity (Wildman–Crippen MR) is 69.5 cm³/mol. The van der Waals surface area contributed by atoms with Crippen molar-refractivity contribution in [2.75, 3.05) is 7.11 Å². The molecule has 1 aromatic carbocycles. The largest absolute Gasteiger partial charge is 0.496 e. The highest BCUT2D eigenvalue weighted by atomic mass is 79.9. The molecule has 0 aromatic heterocycles. The van der Waals surface area contributed by atoms with Crippen LogP contribution in [-0.2, 0) is 9.59 Å². The van der Waals surface area contributed by atoms with Gasteiger partial charge in [-0.15, -0.1) is 0 Å². The van der Waals surface area contributed by atoms with Crippen LogP contribution in [0.4, 0.5) is 0 Å². The molecule has 2 N–H and O–H groups in total. The van der Waals surface area contributed by atoms with E-state index >= 15 is 0 Å². The van der Waals surface area contributed by atoms with Crippen LogP contribution in [0.1, 0.15) is 24.9 Å². The maximum atomic E-state index is 11.3. The van der Waals surface area contributed by atoms with Gasteiger partial charge in [0.15, 0.2) is 6.04 Å². The first-order valence-corrected chi connectivity index (χ1v) is 6.14. The predicted octanol–water partition coefficient (Wildman–Crippen LogP) is 2.11. The molecule has 0 aliphatic heterocycles. The molecule has 1 rings (SSSR count). The van der Waals surface area contributed by atoms with Crippen molar-refractivity contribution in [1.82, 2.24) is 5.32 Å². The van der Waals surface area contributed by atoms with Crippen LogP contribution in [0.15, 0.2) is 22.7 Å². The molecule has 0 aliphatic carbocycles. The Bertz CT molecular complexity index is 461. The SMILES string of the molecule is CCC(=O)NC(C(=O)O)c1ccc(OC)c(Br)c1. The van der Waals surface area contributed by atoms with Crippen LogP contribution < -0.4 is 10.1 Å². The van der Waals surface area contributed by atoms with E-state index in [2.05, 4.69) is 21.2 Å². The summed E-state index contributed by atoms with van der Waals surface area (Å²) in [6.07, 6.45) is 0.237. The summed E-state index contributed by atoms with van der Waals surface area (Å²) >= 11 is 3.28. The summed E-state index contributed by atoms with van der Waals surface area (Å²) in [5.74, 6) is -0.812. The lowest BCUT2D eigenvalue weighted by Crippen LogP contribution is -2.33. The van der Waals surface area contributed by atoms with Gasteiger partial charge in [-0.2, -0.15) is 0 Å². The van der Waals surface area contributed by atoms with Gasteiger partial charge in [0.2, 0.25) is 5.91 Å². The standard InChI is InChI=1S/C12H14BrNO4/c1-3-10(15)14-11(12(16)17)7-4-5-9(18-2)8(13)6-7/h4-6,11H,3H2,1-2H3,(H,14,15)(H,16,17). The number of carboxylic acids is 1. The molecular weight excluding hydrogens is 302 g/mol. The average Bonchev–Trinajstić information content (AvgIpc) is 2.35. The van der Waals surface area contributed by atoms with Gasteiger partial charge in [0.1, 0.15) is 5.75 Å². The Balaban J connectivity index is 3.03. The minimum Gasteiger partial charge on any atom is -0.496 e. The van der Waals surface area contributed by atoms with Crippen molar-refractivity contribution in [1.29, 1.82) is 0 Å². The molecule has 0 saturated carbocycles. The number of carbonyl (C=O) groups excluding carboxylic acids is 1. The van der Waals surface area contributed by atoms with E-state index in [0.29, 0.717) is 15.8 Å². The van der Waals surface area contributed by atoms with E-state index in [9.17, 15) is 9.59 Å². The molecular formula is C12H14BrNO4. The fourth-order valence-corrected chi connectivity index (χ4v) is 1.97. The molecule has 5 nitrogen and oxygen atoms in total. The second kappa shape index (κ2) is 6.39. The molecule has 6 heteroatoms. The zero-order valence-electron chi connectivity index (χ0n) is 10.1. The number of halogens is 1. The normalized spacial score (nSPS) is 11.7. The van der Waals surface area contributed by atoms with Crippen molar-refractivity contribution >= 4 is 27.8 Å². The number of carboxylic acid groups (broad SMARTS) is 1. The topological polar surface area (TPSA) is 75.6 Å². The van der Waals surface area contributed by atoms with E-state index in [4.69, 9.17) is 9.84 Å². The van der Waals surface area contributed by atoms with Gasteiger partial charge in [0, 0.05) is 6.42 Å². The molecule has 0 heterocycles. The van der Waals surface area contributed by atoms with Crippen LogP contribution in [0.2, 0.25) is 0 Å². The van der Waals surface area contributed by atoms with Crippen LogP contribution in [0, 0.1) is 0 Å². The highest BCUT2D eigenvalue weighted by Gasteiger charge is 2.22. The average molecular weight is 316 g/mol. The molecule has 98 valence electrons. The lowest BCUT2D eigenvalue weighted by molar-refractivity contribution is -0.142. The van der Waals surface area contributed by atoms with E-state index in [1.54, 1.807) is 25.1 Å². The van der Waals surface area contributed by atoms with Gasteiger partial charge in [-0.25, -0.2) is 4.79 Å². The van der Waals surface area contributed by atoms with Crippen LogP contribution in [0.5, 0.6) is 5.75 Å². The monoisotopic (exact) mass is 315 g/mol. The lowest BCUT2D eigenvalue weighted by atomic mass is 10.1. The lowest BCUT2D eigenvalue weighted by Gasteiger charge is -2.15. The molecule has 0 bridgehead atoms. The number of aliphatic carboxylic acids is 1. The van der Waals surface area contributed by atoms with Crippen LogP contribution in [-0.4, -0.2) is 24.1 Å². The van der Waals surface area contributed by atoms with Crippen LogP contribution >= 0.6 is 15.9 Å². The van der Waals surface area contributed by atoms with Crippen molar-refractivity contribution in [3.8, 4) is 5.75 Å². The maximum Gasteiger partial charge on any atom is 0.330 e. The number of methoxy groups -OCH3 is 1. The van der Waals surface area contributed by atoms with Gasteiger partial charge < -0.3 is 15.2 Å². The van der Waals surface area contributed by atoms with Gasteiger partial charge >= 0.3 is 5.97 Å². The fraction of sp³-hybridized carbons (Fsp3) is 0.333. The van der Waals surface area contributed by atoms with E-state index in [-0.39, 0.29) is 12.3 Å². The van der Waals surface area contributed by atoms with Gasteiger partial charge in [-0.05, 0) is 33.6 Å². The summed E-state index contributed by atoms with van der Waals surface area (Å²) in [7, 11) is 1.52. The van der Waals surface area contributed by atoms with E-state index in [1.165, 1.54) is 7.11 Å². The number of hydrogen-bond donors (Lipinski definition) is 2. The molecule has 0 radical (unpaired) electrons. The van der Waals surface area contributed by atoms with Crippen molar-refractivity contribution in [2.45, 2.75) is 19.4 Å². The molecule has 1 atom stereocenters. The quantitative estimate of drug-likeness (QED) is 0.872. The molecule has 0 saturated heterocycles. The Morgan fingerprint density at radius 1 is 1.50 bits per heavy atom. The van der Waals surface area contributed by atoms with Gasteiger partial charge in [0.25, 0.3) is 0 Å². The summed E-state index contributed by atoms with van der Waals surface area (Å²) in [5.41, 5.74) is 0.483. The molecule has 0 aliphatic rings. The van der Waals surface area contributed by atoms with Crippen molar-refractivity contribution in [3.63, 3.8) is 0 Å². The summed E-state index contributed by atoms with van der Waals surface area (Å²) in [6, 6.07) is 3.82. The third-order valence-electron chi connectivity index (χ3n) is 2.38. The maximum absolute atomic E-state index is 11.3. The number of ether oxygens (including phenoxy) is 1. The molecule has 1 unspecified atom stereocenters. The highest BCUT2D eigenvalue weighted by Crippen LogP contribution is 2.28. The zero-order valence-corrected chi connectivity index (χ0v) is 11.7. The summed E-state index contributed by atoms with van der Waals surface area (Å²) < 4.78 is 5.70. The van der Waals surface area contributed by atoms with E-state index in [1.807, 2.05) is 0 Å². The molecule has 18 heavy (non-hydrogen) atoms. The summed E-state index contributed by atoms with van der Waals surface area (Å²) in [4.78, 5) is 22.5. The Morgan fingerprint density at radius 2 is 2.17 bits per heavy atom. The second-order valence-electron chi connectivity index (χ2n) is 3.59. The Hall–Kier alpha value is -1.56. The number of nitrogens with one attached hydrogen (secondary N) is 1. The first-order chi connectivity index (χ1) is 8.49. The minimum atomic E-state index is -1.10. The third kappa shape index (κ3) is 3.46. The number of amides is 1. The molecule has 0 fully saturated rings. The first kappa shape index (κ1) is 14.5. The highest BCUT2D eigenvalue weighted by molar-refractivity contribution is 9.10. The first-order valence-electron chi connectivity index (χ1n) is 5.35. The number of rotatable bonds is 5. The van der Waals surface area contributed by atoms with Crippen molar-refractivity contribution in [2.24, 2.45) is 0 Å². The molecule has 1 amide bonds. The van der Waals surface area contributed by atoms with Gasteiger partial charge in [0.05, 0.1) is 11.6 Å². The zero-order chi connectivity index (χ0) is 13.7. The number of benzene rings is 1. The smallest absolute Gasteiger partial charge is 0.330 e. The number of carbonyl (C=O) groups is 2. The second-order valence-corrected chi connectivity index (χ2v) is 4.44. The Labute approximate surface area is 113 Å². The number of hydrogen-bond acceptors (Lipinski definition) is 3.